The monoisotopic (exact) mass is 235 g/mol. The first-order valence-corrected chi connectivity index (χ1v) is 6.59. The lowest BCUT2D eigenvalue weighted by molar-refractivity contribution is 0.325. The zero-order valence-corrected chi connectivity index (χ0v) is 10.7. The quantitative estimate of drug-likeness (QED) is 0.738. The zero-order valence-electron chi connectivity index (χ0n) is 10.7. The van der Waals surface area contributed by atoms with E-state index in [0.29, 0.717) is 18.4 Å². The molecule has 1 saturated carbocycles. The SMILES string of the molecule is CCCCNc1cc(OCC)nc(C2CC2)n1. The van der Waals surface area contributed by atoms with Gasteiger partial charge in [0, 0.05) is 18.5 Å². The second-order valence-electron chi connectivity index (χ2n) is 4.44. The van der Waals surface area contributed by atoms with Crippen LogP contribution < -0.4 is 10.1 Å². The highest BCUT2D eigenvalue weighted by atomic mass is 16.5. The molecule has 4 nitrogen and oxygen atoms in total. The van der Waals surface area contributed by atoms with Crippen molar-refractivity contribution in [2.75, 3.05) is 18.5 Å². The number of rotatable bonds is 7. The summed E-state index contributed by atoms with van der Waals surface area (Å²) in [6.45, 7) is 5.77. The molecule has 1 aromatic rings. The van der Waals surface area contributed by atoms with Gasteiger partial charge in [-0.3, -0.25) is 0 Å². The molecule has 17 heavy (non-hydrogen) atoms. The van der Waals surface area contributed by atoms with Gasteiger partial charge >= 0.3 is 0 Å². The van der Waals surface area contributed by atoms with Crippen LogP contribution in [0.1, 0.15) is 51.3 Å². The molecule has 0 radical (unpaired) electrons. The fraction of sp³-hybridized carbons (Fsp3) is 0.692. The van der Waals surface area contributed by atoms with E-state index in [0.717, 1.165) is 24.6 Å². The lowest BCUT2D eigenvalue weighted by atomic mass is 10.3. The van der Waals surface area contributed by atoms with E-state index in [2.05, 4.69) is 22.2 Å². The van der Waals surface area contributed by atoms with Gasteiger partial charge in [-0.25, -0.2) is 4.98 Å². The molecule has 1 aliphatic carbocycles. The number of nitrogens with zero attached hydrogens (tertiary/aromatic N) is 2. The van der Waals surface area contributed by atoms with E-state index in [-0.39, 0.29) is 0 Å². The minimum Gasteiger partial charge on any atom is -0.478 e. The average molecular weight is 235 g/mol. The number of nitrogens with one attached hydrogen (secondary N) is 1. The molecule has 1 aromatic heterocycles. The average Bonchev–Trinajstić information content (AvgIpc) is 3.13. The standard InChI is InChI=1S/C13H21N3O/c1-3-5-8-14-11-9-12(17-4-2)16-13(15-11)10-6-7-10/h9-10H,3-8H2,1-2H3,(H,14,15,16). The first kappa shape index (κ1) is 12.1. The maximum Gasteiger partial charge on any atom is 0.218 e. The molecule has 0 aromatic carbocycles. The number of unbranched alkanes of at least 4 members (excludes halogenated alkanes) is 1. The Labute approximate surface area is 103 Å². The van der Waals surface area contributed by atoms with Crippen LogP contribution >= 0.6 is 0 Å². The van der Waals surface area contributed by atoms with E-state index >= 15 is 0 Å². The van der Waals surface area contributed by atoms with Crippen molar-refractivity contribution in [1.29, 1.82) is 0 Å². The molecule has 0 bridgehead atoms. The summed E-state index contributed by atoms with van der Waals surface area (Å²) >= 11 is 0. The second kappa shape index (κ2) is 5.84. The molecule has 0 saturated heterocycles. The number of aromatic nitrogens is 2. The lowest BCUT2D eigenvalue weighted by Gasteiger charge is -2.09. The molecule has 0 atom stereocenters. The van der Waals surface area contributed by atoms with E-state index in [1.807, 2.05) is 13.0 Å². The van der Waals surface area contributed by atoms with Crippen LogP contribution in [0.2, 0.25) is 0 Å². The van der Waals surface area contributed by atoms with Gasteiger partial charge in [-0.15, -0.1) is 0 Å². The minimum atomic E-state index is 0.558. The fourth-order valence-corrected chi connectivity index (χ4v) is 1.67. The van der Waals surface area contributed by atoms with E-state index < -0.39 is 0 Å². The predicted octanol–water partition coefficient (Wildman–Crippen LogP) is 2.96. The molecule has 0 aliphatic heterocycles. The van der Waals surface area contributed by atoms with Crippen molar-refractivity contribution in [2.24, 2.45) is 0 Å². The smallest absolute Gasteiger partial charge is 0.218 e. The van der Waals surface area contributed by atoms with Crippen LogP contribution in [0.5, 0.6) is 5.88 Å². The first-order valence-electron chi connectivity index (χ1n) is 6.59. The maximum absolute atomic E-state index is 5.48. The van der Waals surface area contributed by atoms with Gasteiger partial charge < -0.3 is 10.1 Å². The Hall–Kier alpha value is -1.32. The van der Waals surface area contributed by atoms with Gasteiger partial charge in [0.25, 0.3) is 0 Å². The van der Waals surface area contributed by atoms with Gasteiger partial charge in [0.05, 0.1) is 6.61 Å². The molecule has 1 fully saturated rings. The number of hydrogen-bond acceptors (Lipinski definition) is 4. The van der Waals surface area contributed by atoms with Crippen LogP contribution in [0.25, 0.3) is 0 Å². The number of hydrogen-bond donors (Lipinski definition) is 1. The van der Waals surface area contributed by atoms with E-state index in [1.165, 1.54) is 19.3 Å². The largest absolute Gasteiger partial charge is 0.478 e. The number of ether oxygens (including phenoxy) is 1. The van der Waals surface area contributed by atoms with Crippen LogP contribution in [-0.2, 0) is 0 Å². The Bertz CT molecular complexity index is 364. The summed E-state index contributed by atoms with van der Waals surface area (Å²) in [7, 11) is 0. The molecule has 0 unspecified atom stereocenters. The van der Waals surface area contributed by atoms with Crippen molar-refractivity contribution in [1.82, 2.24) is 9.97 Å². The summed E-state index contributed by atoms with van der Waals surface area (Å²) in [5.41, 5.74) is 0. The number of anilines is 1. The van der Waals surface area contributed by atoms with Crippen LogP contribution in [-0.4, -0.2) is 23.1 Å². The summed E-state index contributed by atoms with van der Waals surface area (Å²) in [4.78, 5) is 8.99. The lowest BCUT2D eigenvalue weighted by Crippen LogP contribution is -2.07. The molecule has 4 heteroatoms. The van der Waals surface area contributed by atoms with Crippen molar-refractivity contribution in [3.05, 3.63) is 11.9 Å². The normalized spacial score (nSPS) is 14.7. The zero-order chi connectivity index (χ0) is 12.1. The molecule has 0 amide bonds. The Balaban J connectivity index is 2.06. The van der Waals surface area contributed by atoms with Crippen LogP contribution in [0.3, 0.4) is 0 Å². The van der Waals surface area contributed by atoms with Gasteiger partial charge in [-0.05, 0) is 26.2 Å². The van der Waals surface area contributed by atoms with Crippen molar-refractivity contribution in [3.63, 3.8) is 0 Å². The summed E-state index contributed by atoms with van der Waals surface area (Å²) in [6.07, 6.45) is 4.77. The highest BCUT2D eigenvalue weighted by Crippen LogP contribution is 2.39. The maximum atomic E-state index is 5.48. The summed E-state index contributed by atoms with van der Waals surface area (Å²) < 4.78 is 5.48. The van der Waals surface area contributed by atoms with Crippen LogP contribution in [0.15, 0.2) is 6.07 Å². The highest BCUT2D eigenvalue weighted by Gasteiger charge is 2.27. The summed E-state index contributed by atoms with van der Waals surface area (Å²) in [5.74, 6) is 3.10. The van der Waals surface area contributed by atoms with Gasteiger partial charge in [0.1, 0.15) is 11.6 Å². The van der Waals surface area contributed by atoms with Gasteiger partial charge in [0.2, 0.25) is 5.88 Å². The van der Waals surface area contributed by atoms with Crippen molar-refractivity contribution in [2.45, 2.75) is 45.4 Å². The van der Waals surface area contributed by atoms with Crippen LogP contribution in [0, 0.1) is 0 Å². The molecule has 1 N–H and O–H groups in total. The van der Waals surface area contributed by atoms with Crippen molar-refractivity contribution >= 4 is 5.82 Å². The van der Waals surface area contributed by atoms with E-state index in [9.17, 15) is 0 Å². The first-order chi connectivity index (χ1) is 8.33. The van der Waals surface area contributed by atoms with Crippen molar-refractivity contribution in [3.8, 4) is 5.88 Å². The molecular weight excluding hydrogens is 214 g/mol. The molecule has 1 heterocycles. The van der Waals surface area contributed by atoms with Gasteiger partial charge in [0.15, 0.2) is 0 Å². The summed E-state index contributed by atoms with van der Waals surface area (Å²) in [6, 6.07) is 1.89. The summed E-state index contributed by atoms with van der Waals surface area (Å²) in [5, 5.41) is 3.34. The topological polar surface area (TPSA) is 47.0 Å². The Kier molecular flexibility index (Phi) is 4.18. The highest BCUT2D eigenvalue weighted by molar-refractivity contribution is 5.39. The molecule has 94 valence electrons. The van der Waals surface area contributed by atoms with Crippen LogP contribution in [0.4, 0.5) is 5.82 Å². The predicted molar refractivity (Wildman–Crippen MR) is 68.6 cm³/mol. The third-order valence-corrected chi connectivity index (χ3v) is 2.79. The van der Waals surface area contributed by atoms with Crippen molar-refractivity contribution < 1.29 is 4.74 Å². The minimum absolute atomic E-state index is 0.558. The molecule has 2 rings (SSSR count). The Morgan fingerprint density at radius 2 is 2.18 bits per heavy atom. The molecule has 1 aliphatic rings. The Morgan fingerprint density at radius 1 is 1.35 bits per heavy atom. The molecule has 0 spiro atoms. The second-order valence-corrected chi connectivity index (χ2v) is 4.44. The third kappa shape index (κ3) is 3.58. The van der Waals surface area contributed by atoms with Gasteiger partial charge in [-0.1, -0.05) is 13.3 Å². The molecular formula is C13H21N3O. The Morgan fingerprint density at radius 3 is 2.82 bits per heavy atom. The van der Waals surface area contributed by atoms with E-state index in [1.54, 1.807) is 0 Å². The van der Waals surface area contributed by atoms with Gasteiger partial charge in [-0.2, -0.15) is 4.98 Å². The fourth-order valence-electron chi connectivity index (χ4n) is 1.67. The third-order valence-electron chi connectivity index (χ3n) is 2.79. The van der Waals surface area contributed by atoms with E-state index in [4.69, 9.17) is 4.74 Å².